The number of carbonyl (C=O) groups is 2. The molecule has 0 unspecified atom stereocenters. The molecule has 0 radical (unpaired) electrons. The van der Waals surface area contributed by atoms with Crippen LogP contribution in [-0.4, -0.2) is 43.4 Å². The second kappa shape index (κ2) is 7.07. The monoisotopic (exact) mass is 376 g/mol. The van der Waals surface area contributed by atoms with Crippen LogP contribution in [0.5, 0.6) is 0 Å². The number of aromatic carboxylic acids is 1. The minimum absolute atomic E-state index is 0.130. The molecule has 0 spiro atoms. The number of pyridine rings is 1. The number of rotatable bonds is 3. The molecule has 0 bridgehead atoms. The first kappa shape index (κ1) is 17.6. The fourth-order valence-electron chi connectivity index (χ4n) is 3.16. The van der Waals surface area contributed by atoms with Gasteiger partial charge in [-0.2, -0.15) is 0 Å². The zero-order chi connectivity index (χ0) is 19.7. The highest BCUT2D eigenvalue weighted by Gasteiger charge is 2.25. The largest absolute Gasteiger partial charge is 0.477 e. The average Bonchev–Trinajstić information content (AvgIpc) is 2.73. The molecule has 0 atom stereocenters. The molecule has 2 aromatic heterocycles. The van der Waals surface area contributed by atoms with Crippen molar-refractivity contribution in [2.45, 2.75) is 13.0 Å². The van der Waals surface area contributed by atoms with Gasteiger partial charge < -0.3 is 15.0 Å². The van der Waals surface area contributed by atoms with Gasteiger partial charge in [-0.15, -0.1) is 0 Å². The second-order valence-electron chi connectivity index (χ2n) is 6.42. The summed E-state index contributed by atoms with van der Waals surface area (Å²) in [4.78, 5) is 48.8. The van der Waals surface area contributed by atoms with Gasteiger partial charge in [0.2, 0.25) is 0 Å². The Morgan fingerprint density at radius 2 is 1.89 bits per heavy atom. The van der Waals surface area contributed by atoms with Crippen LogP contribution in [0.15, 0.2) is 53.5 Å². The maximum atomic E-state index is 12.7. The van der Waals surface area contributed by atoms with Crippen LogP contribution in [0.3, 0.4) is 0 Å². The fraction of sp³-hybridized carbons (Fsp3) is 0.150. The van der Waals surface area contributed by atoms with E-state index in [4.69, 9.17) is 5.11 Å². The first-order valence-electron chi connectivity index (χ1n) is 8.69. The Morgan fingerprint density at radius 3 is 2.57 bits per heavy atom. The number of hydrogen-bond donors (Lipinski definition) is 2. The third-order valence-corrected chi connectivity index (χ3v) is 4.63. The van der Waals surface area contributed by atoms with Crippen molar-refractivity contribution >= 4 is 11.9 Å². The third kappa shape index (κ3) is 3.27. The van der Waals surface area contributed by atoms with Gasteiger partial charge in [-0.3, -0.25) is 9.59 Å². The van der Waals surface area contributed by atoms with Crippen molar-refractivity contribution in [1.29, 1.82) is 0 Å². The van der Waals surface area contributed by atoms with Crippen molar-refractivity contribution in [1.82, 2.24) is 19.9 Å². The number of carboxylic acids is 1. The van der Waals surface area contributed by atoms with E-state index in [1.54, 1.807) is 4.90 Å². The Balaban J connectivity index is 1.59. The van der Waals surface area contributed by atoms with E-state index in [9.17, 15) is 14.4 Å². The zero-order valence-electron chi connectivity index (χ0n) is 14.8. The molecule has 0 saturated heterocycles. The highest BCUT2D eigenvalue weighted by atomic mass is 16.4. The molecule has 1 aliphatic heterocycles. The van der Waals surface area contributed by atoms with Crippen LogP contribution in [0.4, 0.5) is 0 Å². The van der Waals surface area contributed by atoms with Crippen molar-refractivity contribution in [2.24, 2.45) is 0 Å². The summed E-state index contributed by atoms with van der Waals surface area (Å²) in [5.41, 5.74) is 1.86. The van der Waals surface area contributed by atoms with Crippen LogP contribution in [0.25, 0.3) is 11.4 Å². The Kier molecular flexibility index (Phi) is 4.44. The molecule has 1 amide bonds. The van der Waals surface area contributed by atoms with E-state index in [1.807, 2.05) is 30.3 Å². The van der Waals surface area contributed by atoms with Gasteiger partial charge in [0.25, 0.3) is 11.5 Å². The van der Waals surface area contributed by atoms with E-state index in [0.717, 1.165) is 5.56 Å². The number of fused-ring (bicyclic) bond motifs is 1. The summed E-state index contributed by atoms with van der Waals surface area (Å²) >= 11 is 0. The molecule has 8 nitrogen and oxygen atoms in total. The molecule has 0 fully saturated rings. The van der Waals surface area contributed by atoms with E-state index >= 15 is 0 Å². The van der Waals surface area contributed by atoms with E-state index in [0.29, 0.717) is 30.0 Å². The molecule has 3 heterocycles. The second-order valence-corrected chi connectivity index (χ2v) is 6.42. The van der Waals surface area contributed by atoms with E-state index in [2.05, 4.69) is 15.0 Å². The number of carbonyl (C=O) groups excluding carboxylic acids is 1. The normalized spacial score (nSPS) is 13.1. The predicted molar refractivity (Wildman–Crippen MR) is 99.9 cm³/mol. The van der Waals surface area contributed by atoms with Gasteiger partial charge in [-0.1, -0.05) is 30.3 Å². The highest BCUT2D eigenvalue weighted by molar-refractivity contribution is 5.95. The predicted octanol–water partition coefficient (Wildman–Crippen LogP) is 1.73. The molecule has 3 aromatic rings. The van der Waals surface area contributed by atoms with Crippen LogP contribution in [0.1, 0.15) is 32.1 Å². The van der Waals surface area contributed by atoms with Gasteiger partial charge >= 0.3 is 5.97 Å². The lowest BCUT2D eigenvalue weighted by Crippen LogP contribution is -2.39. The van der Waals surface area contributed by atoms with Crippen LogP contribution < -0.4 is 5.56 Å². The standard InChI is InChI=1S/C20H16N4O4/c25-18-14-11-24(19(26)13-6-7-16(20(27)28)21-10-13)9-8-15(14)22-17(23-18)12-4-2-1-3-5-12/h1-7,10H,8-9,11H2,(H,27,28)(H,22,23,25). The van der Waals surface area contributed by atoms with Gasteiger partial charge in [-0.05, 0) is 12.1 Å². The average molecular weight is 376 g/mol. The number of nitrogens with one attached hydrogen (secondary N) is 1. The Morgan fingerprint density at radius 1 is 1.11 bits per heavy atom. The highest BCUT2D eigenvalue weighted by Crippen LogP contribution is 2.19. The SMILES string of the molecule is O=C(O)c1ccc(C(=O)N2CCc3nc(-c4ccccc4)[nH]c(=O)c3C2)cn1. The molecule has 8 heteroatoms. The van der Waals surface area contributed by atoms with Crippen molar-refractivity contribution in [3.63, 3.8) is 0 Å². The Hall–Kier alpha value is -3.81. The number of hydrogen-bond acceptors (Lipinski definition) is 5. The molecule has 140 valence electrons. The van der Waals surface area contributed by atoms with Crippen LogP contribution in [-0.2, 0) is 13.0 Å². The Labute approximate surface area is 159 Å². The smallest absolute Gasteiger partial charge is 0.354 e. The molecular weight excluding hydrogens is 360 g/mol. The summed E-state index contributed by atoms with van der Waals surface area (Å²) in [6.45, 7) is 0.559. The lowest BCUT2D eigenvalue weighted by atomic mass is 10.1. The molecule has 1 aromatic carbocycles. The molecule has 28 heavy (non-hydrogen) atoms. The number of carboxylic acid groups (broad SMARTS) is 1. The van der Waals surface area contributed by atoms with Gasteiger partial charge in [0.15, 0.2) is 0 Å². The quantitative estimate of drug-likeness (QED) is 0.719. The van der Waals surface area contributed by atoms with Crippen molar-refractivity contribution in [3.05, 3.63) is 81.5 Å². The molecule has 0 aliphatic carbocycles. The molecule has 4 rings (SSSR count). The lowest BCUT2D eigenvalue weighted by molar-refractivity contribution is 0.0685. The van der Waals surface area contributed by atoms with E-state index in [1.165, 1.54) is 18.3 Å². The van der Waals surface area contributed by atoms with Crippen LogP contribution in [0.2, 0.25) is 0 Å². The third-order valence-electron chi connectivity index (χ3n) is 4.63. The summed E-state index contributed by atoms with van der Waals surface area (Å²) in [7, 11) is 0. The summed E-state index contributed by atoms with van der Waals surface area (Å²) in [5, 5.41) is 8.90. The van der Waals surface area contributed by atoms with Gasteiger partial charge in [-0.25, -0.2) is 14.8 Å². The zero-order valence-corrected chi connectivity index (χ0v) is 14.8. The van der Waals surface area contributed by atoms with E-state index < -0.39 is 5.97 Å². The molecule has 0 saturated carbocycles. The molecular formula is C20H16N4O4. The van der Waals surface area contributed by atoms with Gasteiger partial charge in [0, 0.05) is 24.7 Å². The Bertz CT molecular complexity index is 1110. The summed E-state index contributed by atoms with van der Waals surface area (Å²) in [6, 6.07) is 12.1. The fourth-order valence-corrected chi connectivity index (χ4v) is 3.16. The summed E-state index contributed by atoms with van der Waals surface area (Å²) < 4.78 is 0. The lowest BCUT2D eigenvalue weighted by Gasteiger charge is -2.28. The summed E-state index contributed by atoms with van der Waals surface area (Å²) in [6.07, 6.45) is 1.70. The topological polar surface area (TPSA) is 116 Å². The van der Waals surface area contributed by atoms with Crippen molar-refractivity contribution in [2.75, 3.05) is 6.54 Å². The maximum Gasteiger partial charge on any atom is 0.354 e. The minimum Gasteiger partial charge on any atom is -0.477 e. The van der Waals surface area contributed by atoms with Crippen LogP contribution in [0, 0.1) is 0 Å². The number of aromatic nitrogens is 3. The number of benzene rings is 1. The molecule has 2 N–H and O–H groups in total. The number of H-pyrrole nitrogens is 1. The first-order chi connectivity index (χ1) is 13.5. The number of amides is 1. The van der Waals surface area contributed by atoms with Crippen molar-refractivity contribution in [3.8, 4) is 11.4 Å². The first-order valence-corrected chi connectivity index (χ1v) is 8.69. The van der Waals surface area contributed by atoms with Crippen molar-refractivity contribution < 1.29 is 14.7 Å². The van der Waals surface area contributed by atoms with Crippen LogP contribution >= 0.6 is 0 Å². The minimum atomic E-state index is -1.15. The number of aromatic amines is 1. The van der Waals surface area contributed by atoms with Gasteiger partial charge in [0.1, 0.15) is 11.5 Å². The number of nitrogens with zero attached hydrogens (tertiary/aromatic N) is 3. The van der Waals surface area contributed by atoms with Gasteiger partial charge in [0.05, 0.1) is 23.4 Å². The molecule has 1 aliphatic rings. The van der Waals surface area contributed by atoms with E-state index in [-0.39, 0.29) is 29.3 Å². The maximum absolute atomic E-state index is 12.7. The summed E-state index contributed by atoms with van der Waals surface area (Å²) in [5.74, 6) is -0.947.